The van der Waals surface area contributed by atoms with Gasteiger partial charge in [0, 0.05) is 43.6 Å². The highest BCUT2D eigenvalue weighted by molar-refractivity contribution is 7.89. The molecular weight excluding hydrogens is 374 g/mol. The molecule has 1 N–H and O–H groups in total. The Morgan fingerprint density at radius 1 is 1.29 bits per heavy atom. The lowest BCUT2D eigenvalue weighted by Gasteiger charge is -2.26. The number of sulfonamides is 1. The predicted molar refractivity (Wildman–Crippen MR) is 115 cm³/mol. The fourth-order valence-electron chi connectivity index (χ4n) is 3.97. The molecule has 7 heteroatoms. The third kappa shape index (κ3) is 5.95. The van der Waals surface area contributed by atoms with E-state index in [1.165, 1.54) is 47.8 Å². The molecule has 0 unspecified atom stereocenters. The second kappa shape index (κ2) is 10.3. The summed E-state index contributed by atoms with van der Waals surface area (Å²) in [6.07, 6.45) is 10.4. The van der Waals surface area contributed by atoms with Crippen LogP contribution in [0.3, 0.4) is 0 Å². The van der Waals surface area contributed by atoms with Crippen molar-refractivity contribution in [2.24, 2.45) is 0 Å². The first-order valence-electron chi connectivity index (χ1n) is 10.3. The zero-order chi connectivity index (χ0) is 20.7. The van der Waals surface area contributed by atoms with Gasteiger partial charge in [-0.2, -0.15) is 0 Å². The van der Waals surface area contributed by atoms with E-state index >= 15 is 0 Å². The summed E-state index contributed by atoms with van der Waals surface area (Å²) in [5, 5.41) is 2.83. The monoisotopic (exact) mass is 409 g/mol. The Hall–Kier alpha value is -1.60. The van der Waals surface area contributed by atoms with E-state index < -0.39 is 10.0 Å². The molecule has 1 aromatic heterocycles. The van der Waals surface area contributed by atoms with Gasteiger partial charge in [-0.05, 0) is 57.7 Å². The number of amides is 1. The fourth-order valence-corrected chi connectivity index (χ4v) is 4.82. The maximum Gasteiger partial charge on any atom is 0.244 e. The van der Waals surface area contributed by atoms with Crippen LogP contribution in [-0.4, -0.2) is 49.1 Å². The average molecular weight is 410 g/mol. The van der Waals surface area contributed by atoms with E-state index in [0.29, 0.717) is 25.6 Å². The van der Waals surface area contributed by atoms with E-state index in [9.17, 15) is 13.2 Å². The van der Waals surface area contributed by atoms with Crippen LogP contribution in [0, 0.1) is 13.8 Å². The number of nitrogens with zero attached hydrogens (tertiary/aromatic N) is 2. The molecule has 1 amide bonds. The number of aromatic nitrogens is 1. The smallest absolute Gasteiger partial charge is 0.244 e. The van der Waals surface area contributed by atoms with Crippen molar-refractivity contribution >= 4 is 22.0 Å². The molecule has 1 aliphatic carbocycles. The largest absolute Gasteiger partial charge is 0.353 e. The van der Waals surface area contributed by atoms with Gasteiger partial charge < -0.3 is 9.88 Å². The summed E-state index contributed by atoms with van der Waals surface area (Å²) >= 11 is 0. The van der Waals surface area contributed by atoms with Gasteiger partial charge in [-0.25, -0.2) is 12.7 Å². The molecule has 0 radical (unpaired) electrons. The summed E-state index contributed by atoms with van der Waals surface area (Å²) in [5.41, 5.74) is 3.57. The Morgan fingerprint density at radius 2 is 1.96 bits per heavy atom. The number of carbonyl (C=O) groups is 1. The van der Waals surface area contributed by atoms with Gasteiger partial charge >= 0.3 is 0 Å². The van der Waals surface area contributed by atoms with Crippen molar-refractivity contribution in [3.05, 3.63) is 29.1 Å². The average Bonchev–Trinajstić information content (AvgIpc) is 2.97. The third-order valence-electron chi connectivity index (χ3n) is 5.67. The van der Waals surface area contributed by atoms with Crippen molar-refractivity contribution in [1.29, 1.82) is 0 Å². The molecule has 1 heterocycles. The minimum Gasteiger partial charge on any atom is -0.353 e. The summed E-state index contributed by atoms with van der Waals surface area (Å²) in [5.74, 6) is -0.0545. The first kappa shape index (κ1) is 22.7. The Balaban J connectivity index is 1.85. The van der Waals surface area contributed by atoms with Gasteiger partial charge in [-0.3, -0.25) is 4.79 Å². The van der Waals surface area contributed by atoms with Crippen LogP contribution >= 0.6 is 0 Å². The topological polar surface area (TPSA) is 71.4 Å². The van der Waals surface area contributed by atoms with Gasteiger partial charge in [0.15, 0.2) is 0 Å². The summed E-state index contributed by atoms with van der Waals surface area (Å²) in [6, 6.07) is 2.74. The van der Waals surface area contributed by atoms with E-state index in [1.807, 2.05) is 6.08 Å². The van der Waals surface area contributed by atoms with E-state index in [2.05, 4.69) is 29.8 Å². The fraction of sp³-hybridized carbons (Fsp3) is 0.667. The maximum absolute atomic E-state index is 12.1. The van der Waals surface area contributed by atoms with Crippen LogP contribution in [0.4, 0.5) is 0 Å². The van der Waals surface area contributed by atoms with E-state index in [0.717, 1.165) is 5.56 Å². The Bertz CT molecular complexity index is 790. The molecule has 28 heavy (non-hydrogen) atoms. The quantitative estimate of drug-likeness (QED) is 0.502. The van der Waals surface area contributed by atoms with Gasteiger partial charge in [0.25, 0.3) is 0 Å². The predicted octanol–water partition coefficient (Wildman–Crippen LogP) is 3.41. The number of rotatable bonds is 9. The van der Waals surface area contributed by atoms with Gasteiger partial charge in [-0.15, -0.1) is 0 Å². The van der Waals surface area contributed by atoms with Crippen LogP contribution < -0.4 is 5.32 Å². The van der Waals surface area contributed by atoms with Gasteiger partial charge in [0.2, 0.25) is 15.9 Å². The van der Waals surface area contributed by atoms with Crippen molar-refractivity contribution in [3.63, 3.8) is 0 Å². The second-order valence-corrected chi connectivity index (χ2v) is 10.1. The Kier molecular flexibility index (Phi) is 8.31. The van der Waals surface area contributed by atoms with Gasteiger partial charge in [0.05, 0.1) is 5.75 Å². The molecule has 0 aliphatic heterocycles. The summed E-state index contributed by atoms with van der Waals surface area (Å²) < 4.78 is 27.1. The highest BCUT2D eigenvalue weighted by Crippen LogP contribution is 2.32. The van der Waals surface area contributed by atoms with E-state index in [4.69, 9.17) is 0 Å². The molecule has 1 aliphatic rings. The van der Waals surface area contributed by atoms with Crippen molar-refractivity contribution in [2.75, 3.05) is 25.9 Å². The van der Waals surface area contributed by atoms with Crippen LogP contribution in [0.1, 0.15) is 68.4 Å². The normalized spacial score (nSPS) is 16.2. The molecule has 158 valence electrons. The van der Waals surface area contributed by atoms with Gasteiger partial charge in [-0.1, -0.05) is 19.3 Å². The number of nitrogens with one attached hydrogen (secondary N) is 1. The summed E-state index contributed by atoms with van der Waals surface area (Å²) in [7, 11) is -1.58. The number of hydrogen-bond acceptors (Lipinski definition) is 3. The first-order chi connectivity index (χ1) is 13.3. The Morgan fingerprint density at radius 3 is 2.61 bits per heavy atom. The molecular formula is C21H35N3O3S. The lowest BCUT2D eigenvalue weighted by Crippen LogP contribution is -2.32. The lowest BCUT2D eigenvalue weighted by atomic mass is 9.95. The molecule has 0 saturated heterocycles. The summed E-state index contributed by atoms with van der Waals surface area (Å²) in [4.78, 5) is 12.1. The van der Waals surface area contributed by atoms with E-state index in [1.54, 1.807) is 20.0 Å². The van der Waals surface area contributed by atoms with Crippen LogP contribution in [0.25, 0.3) is 6.08 Å². The second-order valence-electron chi connectivity index (χ2n) is 7.69. The zero-order valence-electron chi connectivity index (χ0n) is 17.7. The SMILES string of the molecule is CCS(=O)(=O)N(C)CCCNC(=O)/C=C/c1cc(C)n(C2CCCCC2)c1C. The molecule has 1 aromatic rings. The van der Waals surface area contributed by atoms with Crippen molar-refractivity contribution in [1.82, 2.24) is 14.2 Å². The van der Waals surface area contributed by atoms with Crippen molar-refractivity contribution in [2.45, 2.75) is 65.3 Å². The van der Waals surface area contributed by atoms with Crippen molar-refractivity contribution in [3.8, 4) is 0 Å². The third-order valence-corrected chi connectivity index (χ3v) is 7.53. The highest BCUT2D eigenvalue weighted by atomic mass is 32.2. The van der Waals surface area contributed by atoms with Crippen LogP contribution in [0.2, 0.25) is 0 Å². The molecule has 2 rings (SSSR count). The molecule has 0 bridgehead atoms. The van der Waals surface area contributed by atoms with Crippen LogP contribution in [0.15, 0.2) is 12.1 Å². The molecule has 0 spiro atoms. The first-order valence-corrected chi connectivity index (χ1v) is 12.0. The van der Waals surface area contributed by atoms with Crippen molar-refractivity contribution < 1.29 is 13.2 Å². The maximum atomic E-state index is 12.1. The molecule has 6 nitrogen and oxygen atoms in total. The minimum atomic E-state index is -3.16. The van der Waals surface area contributed by atoms with Gasteiger partial charge in [0.1, 0.15) is 0 Å². The lowest BCUT2D eigenvalue weighted by molar-refractivity contribution is -0.116. The zero-order valence-corrected chi connectivity index (χ0v) is 18.5. The molecule has 0 atom stereocenters. The molecule has 1 saturated carbocycles. The molecule has 0 aromatic carbocycles. The number of carbonyl (C=O) groups excluding carboxylic acids is 1. The van der Waals surface area contributed by atoms with Crippen LogP contribution in [-0.2, 0) is 14.8 Å². The van der Waals surface area contributed by atoms with Crippen LogP contribution in [0.5, 0.6) is 0 Å². The van der Waals surface area contributed by atoms with E-state index in [-0.39, 0.29) is 11.7 Å². The standard InChI is InChI=1S/C21H35N3O3S/c1-5-28(26,27)23(4)15-9-14-22-21(25)13-12-19-16-17(2)24(18(19)3)20-10-7-6-8-11-20/h12-13,16,20H,5-11,14-15H2,1-4H3,(H,22,25)/b13-12+. The summed E-state index contributed by atoms with van der Waals surface area (Å²) in [6.45, 7) is 6.75. The number of hydrogen-bond donors (Lipinski definition) is 1. The highest BCUT2D eigenvalue weighted by Gasteiger charge is 2.19. The number of aryl methyl sites for hydroxylation is 1. The Labute approximate surface area is 170 Å². The molecule has 1 fully saturated rings. The minimum absolute atomic E-state index is 0.0951.